The standard InChI is InChI=1S/C43H66N2.2C22H45.Pd/c1-9-17-19-27-41-40(26-18-10-2)42(36-28-32(20-11-3)38(24-15-7)33(29-36)21-12-4)45(44)43(41)37-30-34(22-13-5)39(25-16-8)35(31-37)23-14-6;2*1-3-5-7-9-11-13-15-17-19-21-22-20-18-16-14-12-10-8-6-4-2;/h28-31H,9-27H2,1-8H3;2*1,3-22H2,2H3;. The molecule has 0 saturated carbocycles. The maximum absolute atomic E-state index is 12.5. The summed E-state index contributed by atoms with van der Waals surface area (Å²) in [6.45, 7) is 23.0. The minimum atomic E-state index is 1.02. The molecule has 0 aromatic heterocycles. The van der Waals surface area contributed by atoms with Gasteiger partial charge in [-0.15, -0.1) is 0 Å². The molecule has 0 atom stereocenters. The molecule has 524 valence electrons. The monoisotopic (exact) mass is 1340 g/mol. The average molecular weight is 1340 g/mol. The first-order valence-electron chi connectivity index (χ1n) is 41.1. The van der Waals surface area contributed by atoms with E-state index in [1.807, 2.05) is 0 Å². The van der Waals surface area contributed by atoms with Crippen molar-refractivity contribution < 1.29 is 22.7 Å². The summed E-state index contributed by atoms with van der Waals surface area (Å²) in [7, 11) is 0. The molecule has 0 radical (unpaired) electrons. The van der Waals surface area contributed by atoms with Crippen molar-refractivity contribution in [3.05, 3.63) is 85.5 Å². The van der Waals surface area contributed by atoms with Crippen LogP contribution < -0.4 is 0 Å². The van der Waals surface area contributed by atoms with Gasteiger partial charge in [-0.3, -0.25) is 0 Å². The summed E-state index contributed by atoms with van der Waals surface area (Å²) in [6.07, 6.45) is 81.1. The molecule has 3 heteroatoms. The Morgan fingerprint density at radius 1 is 0.233 bits per heavy atom. The van der Waals surface area contributed by atoms with E-state index in [0.717, 1.165) is 119 Å². The number of unbranched alkanes of at least 4 members (excludes halogenated alkanes) is 41. The Balaban J connectivity index is 0.000000613. The summed E-state index contributed by atoms with van der Waals surface area (Å²) >= 11 is 1.06. The predicted molar refractivity (Wildman–Crippen MR) is 404 cm³/mol. The summed E-state index contributed by atoms with van der Waals surface area (Å²) < 4.78 is 1.66. The van der Waals surface area contributed by atoms with Crippen LogP contribution in [0.3, 0.4) is 0 Å². The molecule has 2 aromatic carbocycles. The van der Waals surface area contributed by atoms with Crippen LogP contribution in [0.2, 0.25) is 9.79 Å². The summed E-state index contributed by atoms with van der Waals surface area (Å²) in [5, 5.41) is 0. The van der Waals surface area contributed by atoms with Crippen LogP contribution in [0, 0.1) is 0 Å². The number of rotatable bonds is 63. The van der Waals surface area contributed by atoms with Crippen molar-refractivity contribution in [1.82, 2.24) is 0 Å². The Labute approximate surface area is 573 Å². The smallest absolute Gasteiger partial charge is 0.0654 e. The molecule has 0 spiro atoms. The fourth-order valence-corrected chi connectivity index (χ4v) is 16.5. The Hall–Kier alpha value is -1.82. The molecule has 0 N–H and O–H groups in total. The number of hydrogen-bond donors (Lipinski definition) is 0. The molecule has 3 rings (SSSR count). The van der Waals surface area contributed by atoms with Gasteiger partial charge in [0.2, 0.25) is 11.4 Å². The van der Waals surface area contributed by atoms with Crippen molar-refractivity contribution in [3.63, 3.8) is 0 Å². The molecule has 1 heterocycles. The second-order valence-electron chi connectivity index (χ2n) is 28.5. The van der Waals surface area contributed by atoms with Crippen molar-refractivity contribution in [3.8, 4) is 0 Å². The third-order valence-corrected chi connectivity index (χ3v) is 22.0. The molecule has 1 aliphatic heterocycles. The third-order valence-electron chi connectivity index (χ3n) is 19.8. The zero-order valence-electron chi connectivity index (χ0n) is 62.7. The van der Waals surface area contributed by atoms with Gasteiger partial charge < -0.3 is 5.53 Å². The van der Waals surface area contributed by atoms with Gasteiger partial charge in [-0.1, -0.05) is 243 Å². The second kappa shape index (κ2) is 60.8. The van der Waals surface area contributed by atoms with Crippen molar-refractivity contribution in [1.29, 1.82) is 0 Å². The average Bonchev–Trinajstić information content (AvgIpc) is 1.61. The fraction of sp³-hybridized carbons (Fsp3) is 0.816. The zero-order chi connectivity index (χ0) is 65.2. The van der Waals surface area contributed by atoms with Gasteiger partial charge in [0.25, 0.3) is 0 Å². The van der Waals surface area contributed by atoms with Crippen LogP contribution in [0.25, 0.3) is 16.9 Å². The van der Waals surface area contributed by atoms with E-state index in [1.165, 1.54) is 333 Å². The molecule has 0 amide bonds. The molecule has 1 aliphatic rings. The normalized spacial score (nSPS) is 12.6. The first kappa shape index (κ1) is 84.3. The Morgan fingerprint density at radius 2 is 0.444 bits per heavy atom. The predicted octanol–water partition coefficient (Wildman–Crippen LogP) is 30.9. The second-order valence-corrected chi connectivity index (χ2v) is 30.8. The number of allylic oxidation sites excluding steroid dienone is 2. The summed E-state index contributed by atoms with van der Waals surface area (Å²) in [4.78, 5) is 3.10. The topological polar surface area (TPSA) is 25.3 Å². The van der Waals surface area contributed by atoms with Crippen LogP contribution in [0.15, 0.2) is 35.4 Å². The minimum absolute atomic E-state index is 1.02. The molecular formula is C87H156N2Pd. The molecular weight excluding hydrogens is 1180 g/mol. The quantitative estimate of drug-likeness (QED) is 0.0358. The third kappa shape index (κ3) is 38.7. The van der Waals surface area contributed by atoms with Gasteiger partial charge >= 0.3 is 169 Å². The number of nitrogens with zero attached hydrogens (tertiary/aromatic N) is 2. The van der Waals surface area contributed by atoms with E-state index in [4.69, 9.17) is 0 Å². The Kier molecular flexibility index (Phi) is 56.9. The van der Waals surface area contributed by atoms with Crippen LogP contribution in [-0.2, 0) is 56.5 Å². The van der Waals surface area contributed by atoms with Gasteiger partial charge in [0, 0.05) is 22.3 Å². The maximum atomic E-state index is 12.5. The molecule has 0 saturated heterocycles. The molecule has 90 heavy (non-hydrogen) atoms. The minimum Gasteiger partial charge on any atom is -0.0654 e. The summed E-state index contributed by atoms with van der Waals surface area (Å²) in [5.74, 6) is 0. The Morgan fingerprint density at radius 3 is 0.678 bits per heavy atom. The van der Waals surface area contributed by atoms with E-state index in [-0.39, 0.29) is 0 Å². The number of aryl methyl sites for hydroxylation is 4. The molecule has 0 aliphatic carbocycles. The van der Waals surface area contributed by atoms with Gasteiger partial charge in [0.05, 0.1) is 0 Å². The molecule has 0 fully saturated rings. The van der Waals surface area contributed by atoms with Crippen LogP contribution in [0.1, 0.15) is 454 Å². The molecule has 0 bridgehead atoms. The SMILES string of the molecule is CCCCCC1=C(c2cc(CCC)c(CCC)c(CCC)c2)[N+](=[N-])C(c2cc(CCC)c(CCC)c(CCC)c2)=C1CCCC.CCCCCCCCCCCCCCCCCCCCC[CH2][Pd][CH2]CCCCCCCCCCCCCCCCCCCCC. The van der Waals surface area contributed by atoms with Crippen LogP contribution in [0.4, 0.5) is 0 Å². The first-order valence-corrected chi connectivity index (χ1v) is 43.3. The molecule has 0 unspecified atom stereocenters. The van der Waals surface area contributed by atoms with Crippen molar-refractivity contribution >= 4 is 11.4 Å². The van der Waals surface area contributed by atoms with E-state index in [1.54, 1.807) is 25.6 Å². The van der Waals surface area contributed by atoms with Crippen molar-refractivity contribution in [2.75, 3.05) is 0 Å². The van der Waals surface area contributed by atoms with Gasteiger partial charge in [0.15, 0.2) is 0 Å². The number of benzene rings is 2. The summed E-state index contributed by atoms with van der Waals surface area (Å²) in [5.41, 5.74) is 29.0. The summed E-state index contributed by atoms with van der Waals surface area (Å²) in [6, 6.07) is 9.84. The van der Waals surface area contributed by atoms with Gasteiger partial charge in [-0.2, -0.15) is 0 Å². The van der Waals surface area contributed by atoms with E-state index in [2.05, 4.69) is 93.5 Å². The van der Waals surface area contributed by atoms with E-state index >= 15 is 0 Å². The van der Waals surface area contributed by atoms with Gasteiger partial charge in [0.1, 0.15) is 0 Å². The van der Waals surface area contributed by atoms with Crippen LogP contribution in [0.5, 0.6) is 0 Å². The fourth-order valence-electron chi connectivity index (χ4n) is 14.6. The van der Waals surface area contributed by atoms with E-state index in [9.17, 15) is 5.53 Å². The van der Waals surface area contributed by atoms with Crippen LogP contribution in [-0.4, -0.2) is 4.70 Å². The van der Waals surface area contributed by atoms with Crippen molar-refractivity contribution in [2.45, 2.75) is 458 Å². The van der Waals surface area contributed by atoms with Crippen LogP contribution >= 0.6 is 0 Å². The van der Waals surface area contributed by atoms with E-state index in [0.29, 0.717) is 0 Å². The van der Waals surface area contributed by atoms with E-state index < -0.39 is 0 Å². The first-order chi connectivity index (χ1) is 44.3. The van der Waals surface area contributed by atoms with Gasteiger partial charge in [-0.05, 0) is 122 Å². The molecule has 2 nitrogen and oxygen atoms in total. The van der Waals surface area contributed by atoms with Crippen molar-refractivity contribution in [2.24, 2.45) is 0 Å². The Bertz CT molecular complexity index is 1960. The molecule has 2 aromatic rings. The zero-order valence-corrected chi connectivity index (χ0v) is 64.2. The number of hydrogen-bond acceptors (Lipinski definition) is 0. The van der Waals surface area contributed by atoms with Gasteiger partial charge in [-0.25, -0.2) is 4.70 Å².